The highest BCUT2D eigenvalue weighted by molar-refractivity contribution is 7.89. The molecule has 0 aromatic carbocycles. The zero-order valence-corrected chi connectivity index (χ0v) is 12.9. The van der Waals surface area contributed by atoms with Crippen molar-refractivity contribution >= 4 is 15.8 Å². The number of anilines is 1. The second kappa shape index (κ2) is 6.07. The Kier molecular flexibility index (Phi) is 4.62. The molecule has 6 nitrogen and oxygen atoms in total. The van der Waals surface area contributed by atoms with Crippen molar-refractivity contribution in [3.05, 3.63) is 18.3 Å². The van der Waals surface area contributed by atoms with Crippen molar-refractivity contribution in [3.8, 4) is 0 Å². The summed E-state index contributed by atoms with van der Waals surface area (Å²) in [5.41, 5.74) is 0. The minimum atomic E-state index is -3.41. The Morgan fingerprint density at radius 2 is 2.10 bits per heavy atom. The second-order valence-corrected chi connectivity index (χ2v) is 7.21. The monoisotopic (exact) mass is 299 g/mol. The van der Waals surface area contributed by atoms with E-state index in [9.17, 15) is 8.42 Å². The number of sulfonamides is 1. The lowest BCUT2D eigenvalue weighted by Gasteiger charge is -2.35. The van der Waals surface area contributed by atoms with Gasteiger partial charge in [-0.2, -0.15) is 0 Å². The molecule has 7 heteroatoms. The maximum Gasteiger partial charge on any atom is 0.244 e. The molecular formula is C13H21N3O3S. The highest BCUT2D eigenvalue weighted by Gasteiger charge is 2.29. The molecule has 0 aliphatic heterocycles. The molecule has 1 aliphatic carbocycles. The molecule has 0 unspecified atom stereocenters. The van der Waals surface area contributed by atoms with Gasteiger partial charge in [-0.05, 0) is 31.9 Å². The van der Waals surface area contributed by atoms with Gasteiger partial charge >= 0.3 is 0 Å². The number of hydrogen-bond acceptors (Lipinski definition) is 5. The van der Waals surface area contributed by atoms with Crippen LogP contribution in [0.2, 0.25) is 0 Å². The van der Waals surface area contributed by atoms with Gasteiger partial charge < -0.3 is 10.1 Å². The molecule has 1 N–H and O–H groups in total. The van der Waals surface area contributed by atoms with E-state index < -0.39 is 10.0 Å². The molecule has 0 spiro atoms. The van der Waals surface area contributed by atoms with Gasteiger partial charge in [-0.15, -0.1) is 0 Å². The van der Waals surface area contributed by atoms with Gasteiger partial charge in [-0.1, -0.05) is 0 Å². The summed E-state index contributed by atoms with van der Waals surface area (Å²) in [5, 5.41) is 3.28. The fourth-order valence-corrected chi connectivity index (χ4v) is 2.94. The SMILES string of the molecule is CCOC1CC(Nc2ccc(S(=O)(=O)N(C)C)cn2)C1. The lowest BCUT2D eigenvalue weighted by molar-refractivity contribution is 0.00292. The smallest absolute Gasteiger partial charge is 0.244 e. The molecule has 1 aromatic heterocycles. The molecule has 0 amide bonds. The van der Waals surface area contributed by atoms with Crippen molar-refractivity contribution in [2.24, 2.45) is 0 Å². The van der Waals surface area contributed by atoms with E-state index in [2.05, 4.69) is 10.3 Å². The average molecular weight is 299 g/mol. The van der Waals surface area contributed by atoms with Crippen LogP contribution < -0.4 is 5.32 Å². The normalized spacial score (nSPS) is 22.6. The van der Waals surface area contributed by atoms with Crippen LogP contribution in [0, 0.1) is 0 Å². The standard InChI is InChI=1S/C13H21N3O3S/c1-4-19-11-7-10(8-11)15-13-6-5-12(9-14-13)20(17,18)16(2)3/h5-6,9-11H,4,7-8H2,1-3H3,(H,14,15). The molecule has 1 fully saturated rings. The van der Waals surface area contributed by atoms with E-state index in [4.69, 9.17) is 4.74 Å². The number of hydrogen-bond donors (Lipinski definition) is 1. The maximum absolute atomic E-state index is 11.9. The summed E-state index contributed by atoms with van der Waals surface area (Å²) in [6.45, 7) is 2.74. The predicted molar refractivity (Wildman–Crippen MR) is 77.2 cm³/mol. The Morgan fingerprint density at radius 1 is 1.40 bits per heavy atom. The number of aromatic nitrogens is 1. The lowest BCUT2D eigenvalue weighted by Crippen LogP contribution is -2.41. The highest BCUT2D eigenvalue weighted by atomic mass is 32.2. The molecule has 0 atom stereocenters. The van der Waals surface area contributed by atoms with E-state index in [0.29, 0.717) is 18.0 Å². The molecule has 112 valence electrons. The number of rotatable bonds is 6. The van der Waals surface area contributed by atoms with Crippen LogP contribution in [-0.4, -0.2) is 50.6 Å². The van der Waals surface area contributed by atoms with Crippen molar-refractivity contribution < 1.29 is 13.2 Å². The van der Waals surface area contributed by atoms with Gasteiger partial charge in [-0.25, -0.2) is 17.7 Å². The first-order chi connectivity index (χ1) is 9.43. The Morgan fingerprint density at radius 3 is 2.60 bits per heavy atom. The molecule has 0 bridgehead atoms. The molecule has 1 saturated carbocycles. The summed E-state index contributed by atoms with van der Waals surface area (Å²) in [6.07, 6.45) is 3.66. The topological polar surface area (TPSA) is 71.5 Å². The fraction of sp³-hybridized carbons (Fsp3) is 0.615. The van der Waals surface area contributed by atoms with Crippen molar-refractivity contribution in [1.29, 1.82) is 0 Å². The summed E-state index contributed by atoms with van der Waals surface area (Å²) in [5.74, 6) is 0.697. The average Bonchev–Trinajstić information content (AvgIpc) is 2.37. The quantitative estimate of drug-likeness (QED) is 0.857. The van der Waals surface area contributed by atoms with E-state index in [1.165, 1.54) is 24.6 Å². The zero-order valence-electron chi connectivity index (χ0n) is 12.0. The first kappa shape index (κ1) is 15.2. The Balaban J connectivity index is 1.93. The van der Waals surface area contributed by atoms with Crippen LogP contribution in [0.1, 0.15) is 19.8 Å². The Hall–Kier alpha value is -1.18. The van der Waals surface area contributed by atoms with E-state index >= 15 is 0 Å². The second-order valence-electron chi connectivity index (χ2n) is 5.06. The number of ether oxygens (including phenoxy) is 1. The highest BCUT2D eigenvalue weighted by Crippen LogP contribution is 2.26. The number of nitrogens with one attached hydrogen (secondary N) is 1. The molecule has 2 rings (SSSR count). The molecule has 1 aliphatic rings. The molecule has 0 radical (unpaired) electrons. The number of pyridine rings is 1. The van der Waals surface area contributed by atoms with Gasteiger partial charge in [0.2, 0.25) is 10.0 Å². The van der Waals surface area contributed by atoms with E-state index in [0.717, 1.165) is 19.4 Å². The first-order valence-electron chi connectivity index (χ1n) is 6.70. The summed E-state index contributed by atoms with van der Waals surface area (Å²) in [4.78, 5) is 4.37. The van der Waals surface area contributed by atoms with Crippen LogP contribution in [0.5, 0.6) is 0 Å². The van der Waals surface area contributed by atoms with Gasteiger partial charge in [0.15, 0.2) is 0 Å². The van der Waals surface area contributed by atoms with Gasteiger partial charge in [0.05, 0.1) is 6.10 Å². The van der Waals surface area contributed by atoms with Crippen LogP contribution >= 0.6 is 0 Å². The van der Waals surface area contributed by atoms with Crippen LogP contribution in [0.3, 0.4) is 0 Å². The third kappa shape index (κ3) is 3.28. The predicted octanol–water partition coefficient (Wildman–Crippen LogP) is 1.31. The zero-order chi connectivity index (χ0) is 14.8. The van der Waals surface area contributed by atoms with Crippen molar-refractivity contribution in [3.63, 3.8) is 0 Å². The minimum absolute atomic E-state index is 0.203. The summed E-state index contributed by atoms with van der Waals surface area (Å²) >= 11 is 0. The van der Waals surface area contributed by atoms with E-state index in [1.54, 1.807) is 12.1 Å². The maximum atomic E-state index is 11.9. The molecule has 0 saturated heterocycles. The lowest BCUT2D eigenvalue weighted by atomic mass is 9.89. The summed E-state index contributed by atoms with van der Waals surface area (Å²) in [6, 6.07) is 3.63. The van der Waals surface area contributed by atoms with Gasteiger partial charge in [0.1, 0.15) is 10.7 Å². The Bertz CT molecular complexity index is 536. The molecular weight excluding hydrogens is 278 g/mol. The third-order valence-corrected chi connectivity index (χ3v) is 5.16. The first-order valence-corrected chi connectivity index (χ1v) is 8.14. The van der Waals surface area contributed by atoms with Crippen molar-refractivity contribution in [2.45, 2.75) is 36.8 Å². The number of nitrogens with zero attached hydrogens (tertiary/aromatic N) is 2. The summed E-state index contributed by atoms with van der Waals surface area (Å²) in [7, 11) is -0.399. The molecule has 1 heterocycles. The van der Waals surface area contributed by atoms with Crippen LogP contribution in [0.15, 0.2) is 23.2 Å². The van der Waals surface area contributed by atoms with E-state index in [1.807, 2.05) is 6.92 Å². The van der Waals surface area contributed by atoms with Crippen LogP contribution in [-0.2, 0) is 14.8 Å². The largest absolute Gasteiger partial charge is 0.378 e. The van der Waals surface area contributed by atoms with Crippen molar-refractivity contribution in [2.75, 3.05) is 26.0 Å². The van der Waals surface area contributed by atoms with Gasteiger partial charge in [0, 0.05) is 32.9 Å². The fourth-order valence-electron chi connectivity index (χ4n) is 2.09. The van der Waals surface area contributed by atoms with Crippen LogP contribution in [0.4, 0.5) is 5.82 Å². The van der Waals surface area contributed by atoms with Crippen LogP contribution in [0.25, 0.3) is 0 Å². The minimum Gasteiger partial charge on any atom is -0.378 e. The molecule has 1 aromatic rings. The van der Waals surface area contributed by atoms with E-state index in [-0.39, 0.29) is 4.90 Å². The van der Waals surface area contributed by atoms with Gasteiger partial charge in [0.25, 0.3) is 0 Å². The summed E-state index contributed by atoms with van der Waals surface area (Å²) < 4.78 is 30.5. The third-order valence-electron chi connectivity index (χ3n) is 3.36. The van der Waals surface area contributed by atoms with Crippen molar-refractivity contribution in [1.82, 2.24) is 9.29 Å². The Labute approximate surface area is 120 Å². The van der Waals surface area contributed by atoms with Gasteiger partial charge in [-0.3, -0.25) is 0 Å². The molecule has 20 heavy (non-hydrogen) atoms.